The number of benzene rings is 1. The monoisotopic (exact) mass is 402 g/mol. The van der Waals surface area contributed by atoms with E-state index in [-0.39, 0.29) is 29.9 Å². The van der Waals surface area contributed by atoms with E-state index >= 15 is 0 Å². The van der Waals surface area contributed by atoms with Crippen molar-refractivity contribution < 1.29 is 24.0 Å². The first-order chi connectivity index (χ1) is 13.9. The van der Waals surface area contributed by atoms with Crippen LogP contribution in [-0.2, 0) is 14.4 Å². The number of anilines is 1. The van der Waals surface area contributed by atoms with Gasteiger partial charge in [0.25, 0.3) is 11.8 Å². The summed E-state index contributed by atoms with van der Waals surface area (Å²) in [4.78, 5) is 60.5. The van der Waals surface area contributed by atoms with Gasteiger partial charge >= 0.3 is 0 Å². The SMILES string of the molecule is CCCC(C(=O)NC=O)N1C(=O)c2cccc(NCCCCNC(C)=O)c2C1=O. The Labute approximate surface area is 169 Å². The summed E-state index contributed by atoms with van der Waals surface area (Å²) in [6, 6.07) is 3.90. The molecule has 1 atom stereocenters. The first kappa shape index (κ1) is 22.1. The lowest BCUT2D eigenvalue weighted by atomic mass is 10.1. The number of nitrogens with zero attached hydrogens (tertiary/aromatic N) is 1. The fraction of sp³-hybridized carbons (Fsp3) is 0.450. The van der Waals surface area contributed by atoms with Crippen LogP contribution in [0.25, 0.3) is 0 Å². The van der Waals surface area contributed by atoms with Crippen molar-refractivity contribution >= 4 is 35.7 Å². The maximum absolute atomic E-state index is 13.0. The molecule has 0 radical (unpaired) electrons. The molecule has 0 saturated heterocycles. The lowest BCUT2D eigenvalue weighted by Crippen LogP contribution is -2.49. The summed E-state index contributed by atoms with van der Waals surface area (Å²) in [6.45, 7) is 4.41. The molecule has 3 N–H and O–H groups in total. The predicted molar refractivity (Wildman–Crippen MR) is 106 cm³/mol. The second-order valence-electron chi connectivity index (χ2n) is 6.76. The van der Waals surface area contributed by atoms with Gasteiger partial charge in [-0.2, -0.15) is 0 Å². The maximum Gasteiger partial charge on any atom is 0.264 e. The van der Waals surface area contributed by atoms with Gasteiger partial charge in [0.15, 0.2) is 0 Å². The standard InChI is InChI=1S/C20H26N4O5/c1-3-7-16(18(27)23-12-25)24-19(28)14-8-6-9-15(17(14)20(24)29)22-11-5-4-10-21-13(2)26/h6,8-9,12,16,22H,3-5,7,10-11H2,1-2H3,(H,21,26)(H,23,25,27). The Morgan fingerprint density at radius 2 is 1.86 bits per heavy atom. The minimum Gasteiger partial charge on any atom is -0.384 e. The number of amides is 5. The first-order valence-corrected chi connectivity index (χ1v) is 9.65. The third kappa shape index (κ3) is 5.18. The molecule has 1 aromatic carbocycles. The van der Waals surface area contributed by atoms with E-state index in [4.69, 9.17) is 0 Å². The zero-order valence-electron chi connectivity index (χ0n) is 16.6. The van der Waals surface area contributed by atoms with Gasteiger partial charge in [-0.1, -0.05) is 19.4 Å². The van der Waals surface area contributed by atoms with Gasteiger partial charge in [-0.25, -0.2) is 0 Å². The van der Waals surface area contributed by atoms with Crippen molar-refractivity contribution in [2.24, 2.45) is 0 Å². The second kappa shape index (κ2) is 10.4. The van der Waals surface area contributed by atoms with Crippen molar-refractivity contribution in [3.05, 3.63) is 29.3 Å². The van der Waals surface area contributed by atoms with Gasteiger partial charge in [-0.05, 0) is 31.4 Å². The Morgan fingerprint density at radius 3 is 2.52 bits per heavy atom. The van der Waals surface area contributed by atoms with E-state index in [0.29, 0.717) is 25.2 Å². The van der Waals surface area contributed by atoms with Crippen molar-refractivity contribution in [2.75, 3.05) is 18.4 Å². The van der Waals surface area contributed by atoms with Crippen molar-refractivity contribution in [3.63, 3.8) is 0 Å². The Bertz CT molecular complexity index is 808. The summed E-state index contributed by atoms with van der Waals surface area (Å²) in [6.07, 6.45) is 2.60. The van der Waals surface area contributed by atoms with Crippen LogP contribution < -0.4 is 16.0 Å². The lowest BCUT2D eigenvalue weighted by Gasteiger charge is -2.24. The molecule has 156 valence electrons. The average molecular weight is 402 g/mol. The lowest BCUT2D eigenvalue weighted by molar-refractivity contribution is -0.128. The van der Waals surface area contributed by atoms with Crippen LogP contribution in [0, 0.1) is 0 Å². The summed E-state index contributed by atoms with van der Waals surface area (Å²) in [5.74, 6) is -1.85. The number of hydrogen-bond donors (Lipinski definition) is 3. The number of nitrogens with one attached hydrogen (secondary N) is 3. The summed E-state index contributed by atoms with van der Waals surface area (Å²) in [5, 5.41) is 7.92. The zero-order valence-corrected chi connectivity index (χ0v) is 16.6. The van der Waals surface area contributed by atoms with E-state index in [9.17, 15) is 24.0 Å². The number of rotatable bonds is 11. The molecule has 29 heavy (non-hydrogen) atoms. The number of unbranched alkanes of at least 4 members (excludes halogenated alkanes) is 1. The summed E-state index contributed by atoms with van der Waals surface area (Å²) in [7, 11) is 0. The number of hydrogen-bond acceptors (Lipinski definition) is 6. The van der Waals surface area contributed by atoms with Gasteiger partial charge < -0.3 is 10.6 Å². The fourth-order valence-corrected chi connectivity index (χ4v) is 3.28. The van der Waals surface area contributed by atoms with E-state index in [1.54, 1.807) is 18.2 Å². The highest BCUT2D eigenvalue weighted by molar-refractivity contribution is 6.25. The van der Waals surface area contributed by atoms with Crippen molar-refractivity contribution in [2.45, 2.75) is 45.6 Å². The van der Waals surface area contributed by atoms with Gasteiger partial charge in [-0.15, -0.1) is 0 Å². The average Bonchev–Trinajstić information content (AvgIpc) is 2.94. The molecule has 9 heteroatoms. The summed E-state index contributed by atoms with van der Waals surface area (Å²) < 4.78 is 0. The highest BCUT2D eigenvalue weighted by atomic mass is 16.2. The Morgan fingerprint density at radius 1 is 1.14 bits per heavy atom. The molecular formula is C20H26N4O5. The van der Waals surface area contributed by atoms with Gasteiger partial charge in [0.05, 0.1) is 11.1 Å². The third-order valence-electron chi connectivity index (χ3n) is 4.62. The third-order valence-corrected chi connectivity index (χ3v) is 4.62. The molecule has 1 aliphatic heterocycles. The zero-order chi connectivity index (χ0) is 21.4. The van der Waals surface area contributed by atoms with Crippen LogP contribution >= 0.6 is 0 Å². The number of imide groups is 2. The largest absolute Gasteiger partial charge is 0.384 e. The summed E-state index contributed by atoms with van der Waals surface area (Å²) in [5.41, 5.74) is 0.992. The van der Waals surface area contributed by atoms with E-state index in [2.05, 4.69) is 10.6 Å². The van der Waals surface area contributed by atoms with Gasteiger partial charge in [0, 0.05) is 25.7 Å². The molecule has 5 amide bonds. The van der Waals surface area contributed by atoms with E-state index in [0.717, 1.165) is 17.7 Å². The summed E-state index contributed by atoms with van der Waals surface area (Å²) >= 11 is 0. The molecule has 0 spiro atoms. The van der Waals surface area contributed by atoms with Crippen LogP contribution in [0.4, 0.5) is 5.69 Å². The van der Waals surface area contributed by atoms with Gasteiger partial charge in [0.2, 0.25) is 18.2 Å². The van der Waals surface area contributed by atoms with Crippen LogP contribution in [0.15, 0.2) is 18.2 Å². The molecule has 2 rings (SSSR count). The molecule has 1 heterocycles. The second-order valence-corrected chi connectivity index (χ2v) is 6.76. The van der Waals surface area contributed by atoms with Crippen LogP contribution in [0.1, 0.15) is 60.2 Å². The van der Waals surface area contributed by atoms with Crippen molar-refractivity contribution in [3.8, 4) is 0 Å². The minimum atomic E-state index is -1.04. The Kier molecular flexibility index (Phi) is 7.88. The van der Waals surface area contributed by atoms with Crippen molar-refractivity contribution in [1.82, 2.24) is 15.5 Å². The fourth-order valence-electron chi connectivity index (χ4n) is 3.28. The molecule has 1 aliphatic rings. The molecule has 1 aromatic rings. The highest BCUT2D eigenvalue weighted by Crippen LogP contribution is 2.31. The molecule has 0 aliphatic carbocycles. The van der Waals surface area contributed by atoms with Crippen LogP contribution in [0.5, 0.6) is 0 Å². The topological polar surface area (TPSA) is 125 Å². The normalized spacial score (nSPS) is 13.7. The maximum atomic E-state index is 13.0. The van der Waals surface area contributed by atoms with Gasteiger partial charge in [0.1, 0.15) is 6.04 Å². The van der Waals surface area contributed by atoms with E-state index in [1.165, 1.54) is 6.92 Å². The molecule has 1 unspecified atom stereocenters. The molecular weight excluding hydrogens is 376 g/mol. The van der Waals surface area contributed by atoms with Crippen LogP contribution in [0.3, 0.4) is 0 Å². The highest BCUT2D eigenvalue weighted by Gasteiger charge is 2.43. The van der Waals surface area contributed by atoms with Crippen LogP contribution in [0.2, 0.25) is 0 Å². The Balaban J connectivity index is 2.14. The molecule has 9 nitrogen and oxygen atoms in total. The minimum absolute atomic E-state index is 0.0803. The molecule has 0 saturated carbocycles. The number of carbonyl (C=O) groups excluding carboxylic acids is 5. The van der Waals surface area contributed by atoms with E-state index in [1.807, 2.05) is 12.2 Å². The molecule has 0 bridgehead atoms. The number of fused-ring (bicyclic) bond motifs is 1. The number of carbonyl (C=O) groups is 5. The van der Waals surface area contributed by atoms with Crippen LogP contribution in [-0.4, -0.2) is 54.1 Å². The molecule has 0 aromatic heterocycles. The first-order valence-electron chi connectivity index (χ1n) is 9.65. The molecule has 0 fully saturated rings. The Hall–Kier alpha value is -3.23. The predicted octanol–water partition coefficient (Wildman–Crippen LogP) is 1.05. The quantitative estimate of drug-likeness (QED) is 0.289. The van der Waals surface area contributed by atoms with Gasteiger partial charge in [-0.3, -0.25) is 34.2 Å². The van der Waals surface area contributed by atoms with Crippen molar-refractivity contribution in [1.29, 1.82) is 0 Å². The van der Waals surface area contributed by atoms with E-state index < -0.39 is 23.8 Å². The smallest absolute Gasteiger partial charge is 0.264 e.